The molecule has 0 bridgehead atoms. The van der Waals surface area contributed by atoms with Crippen LogP contribution in [0.2, 0.25) is 0 Å². The third-order valence-electron chi connectivity index (χ3n) is 11.8. The average Bonchev–Trinajstić information content (AvgIpc) is 3.25. The Morgan fingerprint density at radius 1 is 1.07 bits per heavy atom. The van der Waals surface area contributed by atoms with Crippen molar-refractivity contribution in [1.29, 1.82) is 0 Å². The summed E-state index contributed by atoms with van der Waals surface area (Å²) in [5.41, 5.74) is 3.38. The minimum Gasteiger partial charge on any atom is -0.459 e. The number of hydrogen-bond acceptors (Lipinski definition) is 11. The highest BCUT2D eigenvalue weighted by atomic mass is 16.8. The second-order valence-electron chi connectivity index (χ2n) is 15.6. The van der Waals surface area contributed by atoms with Gasteiger partial charge in [-0.2, -0.15) is 0 Å². The van der Waals surface area contributed by atoms with Gasteiger partial charge in [-0.1, -0.05) is 67.4 Å². The zero-order chi connectivity index (χ0) is 40.9. The number of methoxy groups -OCH3 is 1. The molecule has 2 fully saturated rings. The molecular formula is C45H61N3O10. The molecule has 58 heavy (non-hydrogen) atoms. The molecule has 0 spiro atoms. The fourth-order valence-electron chi connectivity index (χ4n) is 9.27. The van der Waals surface area contributed by atoms with Crippen molar-refractivity contribution in [2.24, 2.45) is 22.9 Å². The number of amides is 2. The zero-order valence-corrected chi connectivity index (χ0v) is 34.0. The molecule has 1 saturated carbocycles. The molecule has 2 aliphatic heterocycles. The van der Waals surface area contributed by atoms with Crippen LogP contribution in [0.4, 0.5) is 9.59 Å². The van der Waals surface area contributed by atoms with Gasteiger partial charge in [-0.25, -0.2) is 9.59 Å². The highest BCUT2D eigenvalue weighted by Gasteiger charge is 2.65. The van der Waals surface area contributed by atoms with Crippen LogP contribution in [0.25, 0.3) is 0 Å². The average molecular weight is 804 g/mol. The topological polar surface area (TPSA) is 158 Å². The first-order valence-corrected chi connectivity index (χ1v) is 21.1. The minimum atomic E-state index is -1.41. The van der Waals surface area contributed by atoms with Gasteiger partial charge >= 0.3 is 12.2 Å². The number of carbonyl (C=O) groups is 2. The van der Waals surface area contributed by atoms with Crippen molar-refractivity contribution >= 4 is 17.9 Å². The molecule has 4 aliphatic rings. The highest BCUT2D eigenvalue weighted by Crippen LogP contribution is 2.62. The highest BCUT2D eigenvalue weighted by molar-refractivity contribution is 6.03. The Hall–Kier alpha value is -4.43. The van der Waals surface area contributed by atoms with Crippen molar-refractivity contribution in [3.63, 3.8) is 0 Å². The number of oxime groups is 1. The van der Waals surface area contributed by atoms with E-state index >= 15 is 0 Å². The Bertz CT molecular complexity index is 1730. The first-order chi connectivity index (χ1) is 28.4. The Labute approximate surface area is 342 Å². The van der Waals surface area contributed by atoms with Crippen molar-refractivity contribution in [3.05, 3.63) is 84.0 Å². The normalized spacial score (nSPS) is 26.6. The Kier molecular flexibility index (Phi) is 15.6. The van der Waals surface area contributed by atoms with E-state index in [0.717, 1.165) is 61.6 Å². The largest absolute Gasteiger partial charge is 0.459 e. The molecule has 2 amide bonds. The number of hydrogen-bond donors (Lipinski definition) is 3. The first-order valence-electron chi connectivity index (χ1n) is 21.1. The number of aliphatic hydroxyl groups excluding tert-OH is 2. The third kappa shape index (κ3) is 9.87. The van der Waals surface area contributed by atoms with E-state index in [1.165, 1.54) is 7.11 Å². The van der Waals surface area contributed by atoms with Crippen LogP contribution in [0.1, 0.15) is 94.6 Å². The maximum absolute atomic E-state index is 13.8. The molecule has 2 aromatic carbocycles. The lowest BCUT2D eigenvalue weighted by Crippen LogP contribution is -2.70. The van der Waals surface area contributed by atoms with Gasteiger partial charge in [0.2, 0.25) is 12.1 Å². The number of unbranched alkanes of at least 4 members (excludes halogenated alkanes) is 2. The molecule has 7 atom stereocenters. The van der Waals surface area contributed by atoms with E-state index in [2.05, 4.69) is 18.0 Å². The lowest BCUT2D eigenvalue weighted by atomic mass is 9.55. The molecule has 2 aliphatic carbocycles. The van der Waals surface area contributed by atoms with Gasteiger partial charge in [-0.3, -0.25) is 4.90 Å². The molecular weight excluding hydrogens is 743 g/mol. The van der Waals surface area contributed by atoms with Crippen molar-refractivity contribution < 1.29 is 48.3 Å². The maximum Gasteiger partial charge on any atom is 0.412 e. The van der Waals surface area contributed by atoms with Crippen molar-refractivity contribution in [1.82, 2.24) is 10.2 Å². The van der Waals surface area contributed by atoms with E-state index in [9.17, 15) is 19.8 Å². The van der Waals surface area contributed by atoms with E-state index in [1.54, 1.807) is 17.0 Å². The predicted molar refractivity (Wildman–Crippen MR) is 218 cm³/mol. The van der Waals surface area contributed by atoms with E-state index in [-0.39, 0.29) is 44.0 Å². The minimum absolute atomic E-state index is 0.0101. The first kappa shape index (κ1) is 43.2. The summed E-state index contributed by atoms with van der Waals surface area (Å²) in [6.45, 7) is 7.58. The molecule has 1 saturated heterocycles. The molecule has 13 heteroatoms. The van der Waals surface area contributed by atoms with Gasteiger partial charge in [-0.05, 0) is 86.1 Å². The number of ether oxygens (including phenoxy) is 5. The summed E-state index contributed by atoms with van der Waals surface area (Å²) >= 11 is 0. The van der Waals surface area contributed by atoms with Crippen LogP contribution < -0.4 is 14.8 Å². The van der Waals surface area contributed by atoms with E-state index in [0.29, 0.717) is 56.2 Å². The zero-order valence-electron chi connectivity index (χ0n) is 34.0. The second kappa shape index (κ2) is 21.0. The predicted octanol–water partition coefficient (Wildman–Crippen LogP) is 7.61. The van der Waals surface area contributed by atoms with Crippen LogP contribution in [-0.4, -0.2) is 91.2 Å². The summed E-state index contributed by atoms with van der Waals surface area (Å²) in [5.74, 6) is -1.23. The van der Waals surface area contributed by atoms with Gasteiger partial charge in [0, 0.05) is 50.6 Å². The van der Waals surface area contributed by atoms with Gasteiger partial charge < -0.3 is 44.1 Å². The summed E-state index contributed by atoms with van der Waals surface area (Å²) < 4.78 is 31.4. The number of carbonyl (C=O) groups excluding carboxylic acids is 2. The van der Waals surface area contributed by atoms with Crippen LogP contribution >= 0.6 is 0 Å². The molecule has 316 valence electrons. The van der Waals surface area contributed by atoms with Crippen molar-refractivity contribution in [2.75, 3.05) is 40.1 Å². The maximum atomic E-state index is 13.8. The van der Waals surface area contributed by atoms with Crippen LogP contribution in [0, 0.1) is 17.8 Å². The van der Waals surface area contributed by atoms with E-state index in [1.807, 2.05) is 49.4 Å². The monoisotopic (exact) mass is 803 g/mol. The fraction of sp³-hybridized carbons (Fsp3) is 0.578. The van der Waals surface area contributed by atoms with Crippen molar-refractivity contribution in [2.45, 2.75) is 108 Å². The molecule has 6 rings (SSSR count). The lowest BCUT2D eigenvalue weighted by molar-refractivity contribution is -0.255. The summed E-state index contributed by atoms with van der Waals surface area (Å²) in [6, 6.07) is 14.4. The Morgan fingerprint density at radius 3 is 2.57 bits per heavy atom. The number of benzene rings is 2. The number of aliphatic hydroxyl groups is 2. The fourth-order valence-corrected chi connectivity index (χ4v) is 9.27. The van der Waals surface area contributed by atoms with Crippen LogP contribution in [-0.2, 0) is 25.6 Å². The summed E-state index contributed by atoms with van der Waals surface area (Å²) in [4.78, 5) is 34.8. The summed E-state index contributed by atoms with van der Waals surface area (Å²) in [7, 11) is 1.38. The quantitative estimate of drug-likeness (QED) is 0.0734. The second-order valence-corrected chi connectivity index (χ2v) is 15.6. The number of nitrogens with one attached hydrogen (secondary N) is 1. The third-order valence-corrected chi connectivity index (χ3v) is 11.8. The number of rotatable bonds is 19. The SMILES string of the molecule is C=CCOC12Oc3ccc(OC(=O)NCc4ccccc4)cc3C3C(CCCCO)C(CCCCO)C=C(C(=NOC4CCCCO4)CC1N(CCC)C(=O)OC)C32. The summed E-state index contributed by atoms with van der Waals surface area (Å²) in [6.07, 6.45) is 10.4. The van der Waals surface area contributed by atoms with Gasteiger partial charge in [0.1, 0.15) is 17.5 Å². The summed E-state index contributed by atoms with van der Waals surface area (Å²) in [5, 5.41) is 27.5. The van der Waals surface area contributed by atoms with Crippen molar-refractivity contribution in [3.8, 4) is 11.5 Å². The Balaban J connectivity index is 1.51. The Morgan fingerprint density at radius 2 is 1.86 bits per heavy atom. The number of nitrogens with zero attached hydrogens (tertiary/aromatic N) is 2. The van der Waals surface area contributed by atoms with Gasteiger partial charge in [0.05, 0.1) is 32.0 Å². The van der Waals surface area contributed by atoms with Crippen LogP contribution in [0.15, 0.2) is 78.0 Å². The smallest absolute Gasteiger partial charge is 0.412 e. The molecule has 2 heterocycles. The van der Waals surface area contributed by atoms with Gasteiger partial charge in [0.25, 0.3) is 0 Å². The van der Waals surface area contributed by atoms with E-state index in [4.69, 9.17) is 33.7 Å². The number of fused-ring (bicyclic) bond motifs is 2. The number of allylic oxidation sites excluding steroid dienone is 1. The molecule has 13 nitrogen and oxygen atoms in total. The molecule has 2 aromatic rings. The molecule has 7 unspecified atom stereocenters. The van der Waals surface area contributed by atoms with Crippen LogP contribution in [0.3, 0.4) is 0 Å². The molecule has 3 N–H and O–H groups in total. The van der Waals surface area contributed by atoms with Crippen LogP contribution in [0.5, 0.6) is 11.5 Å². The molecule has 0 aromatic heterocycles. The molecule has 0 radical (unpaired) electrons. The van der Waals surface area contributed by atoms with Gasteiger partial charge in [0.15, 0.2) is 0 Å². The van der Waals surface area contributed by atoms with Gasteiger partial charge in [-0.15, -0.1) is 6.58 Å². The standard InChI is InChI=1S/C45H61N3O10/c1-4-22-48(44(52)53-3)39-29-37(47-58-40-19-11-14-26-54-40)35-27-32(17-9-12-23-49)34(18-10-13-24-50)41-36-28-33(56-43(51)46-30-31-15-7-6-8-16-31)20-21-38(36)57-45(39,42(35)41)55-25-5-2/h5-8,15-16,20-21,27-28,32,34,39-42,49-50H,2,4,9-14,17-19,22-26,29-30H2,1,3H3,(H,46,51). The lowest BCUT2D eigenvalue weighted by Gasteiger charge is -2.59. The van der Waals surface area contributed by atoms with E-state index < -0.39 is 36.2 Å².